The van der Waals surface area contributed by atoms with Crippen LogP contribution in [0.5, 0.6) is 0 Å². The van der Waals surface area contributed by atoms with Crippen molar-refractivity contribution in [3.8, 4) is 0 Å². The minimum absolute atomic E-state index is 0.563. The fourth-order valence-corrected chi connectivity index (χ4v) is 2.74. The normalized spacial score (nSPS) is 20.1. The molecule has 5 heteroatoms. The molecule has 96 valence electrons. The van der Waals surface area contributed by atoms with Crippen LogP contribution in [-0.2, 0) is 29.5 Å². The van der Waals surface area contributed by atoms with Crippen molar-refractivity contribution in [3.63, 3.8) is 0 Å². The van der Waals surface area contributed by atoms with Crippen LogP contribution < -0.4 is 0 Å². The Labute approximate surface area is 110 Å². The highest BCUT2D eigenvalue weighted by molar-refractivity contribution is 9.10. The zero-order chi connectivity index (χ0) is 12.3. The van der Waals surface area contributed by atoms with E-state index in [0.29, 0.717) is 12.5 Å². The van der Waals surface area contributed by atoms with E-state index in [4.69, 9.17) is 9.47 Å². The van der Waals surface area contributed by atoms with Crippen LogP contribution in [0.25, 0.3) is 0 Å². The van der Waals surface area contributed by atoms with Crippen LogP contribution in [0, 0.1) is 5.92 Å². The maximum Gasteiger partial charge on any atom is 0.0896 e. The summed E-state index contributed by atoms with van der Waals surface area (Å²) in [5.74, 6) is 0.563. The first-order chi connectivity index (χ1) is 8.22. The average Bonchev–Trinajstić information content (AvgIpc) is 2.91. The maximum atomic E-state index is 5.75. The van der Waals surface area contributed by atoms with Crippen LogP contribution in [0.3, 0.4) is 0 Å². The molecule has 0 aliphatic carbocycles. The highest BCUT2D eigenvalue weighted by atomic mass is 79.9. The predicted molar refractivity (Wildman–Crippen MR) is 68.9 cm³/mol. The number of rotatable bonds is 5. The van der Waals surface area contributed by atoms with Crippen LogP contribution in [0.4, 0.5) is 0 Å². The number of halogens is 1. The smallest absolute Gasteiger partial charge is 0.0896 e. The Morgan fingerprint density at radius 3 is 3.00 bits per heavy atom. The molecular formula is C12H19BrN2O2. The molecular weight excluding hydrogens is 284 g/mol. The predicted octanol–water partition coefficient (Wildman–Crippen LogP) is 2.30. The van der Waals surface area contributed by atoms with Crippen molar-refractivity contribution in [1.29, 1.82) is 0 Å². The van der Waals surface area contributed by atoms with E-state index in [1.165, 1.54) is 0 Å². The molecule has 0 saturated carbocycles. The number of aryl methyl sites for hydroxylation is 2. The Morgan fingerprint density at radius 2 is 2.41 bits per heavy atom. The second kappa shape index (κ2) is 5.98. The molecule has 0 radical (unpaired) electrons. The van der Waals surface area contributed by atoms with Gasteiger partial charge in [0, 0.05) is 19.6 Å². The molecule has 0 bridgehead atoms. The fraction of sp³-hybridized carbons (Fsp3) is 0.750. The molecule has 1 saturated heterocycles. The molecule has 1 atom stereocenters. The van der Waals surface area contributed by atoms with E-state index < -0.39 is 0 Å². The lowest BCUT2D eigenvalue weighted by molar-refractivity contribution is 0.0753. The molecule has 17 heavy (non-hydrogen) atoms. The number of hydrogen-bond donors (Lipinski definition) is 0. The highest BCUT2D eigenvalue weighted by Gasteiger charge is 2.17. The van der Waals surface area contributed by atoms with Gasteiger partial charge in [-0.15, -0.1) is 0 Å². The van der Waals surface area contributed by atoms with Crippen LogP contribution in [-0.4, -0.2) is 29.6 Å². The van der Waals surface area contributed by atoms with Crippen molar-refractivity contribution in [2.24, 2.45) is 13.0 Å². The Balaban J connectivity index is 1.87. The average molecular weight is 303 g/mol. The lowest BCUT2D eigenvalue weighted by Gasteiger charge is -2.09. The Hall–Kier alpha value is -0.390. The third-order valence-electron chi connectivity index (χ3n) is 3.12. The zero-order valence-electron chi connectivity index (χ0n) is 10.4. The molecule has 1 aromatic heterocycles. The minimum Gasteiger partial charge on any atom is -0.381 e. The number of ether oxygens (including phenoxy) is 2. The minimum atomic E-state index is 0.563. The molecule has 1 aliphatic rings. The summed E-state index contributed by atoms with van der Waals surface area (Å²) >= 11 is 3.59. The van der Waals surface area contributed by atoms with E-state index in [1.807, 2.05) is 11.7 Å². The van der Waals surface area contributed by atoms with Gasteiger partial charge in [0.2, 0.25) is 0 Å². The van der Waals surface area contributed by atoms with Crippen molar-refractivity contribution in [2.75, 3.05) is 19.8 Å². The first-order valence-electron chi connectivity index (χ1n) is 6.08. The molecule has 1 aliphatic heterocycles. The monoisotopic (exact) mass is 302 g/mol. The second-order valence-electron chi connectivity index (χ2n) is 4.43. The molecule has 2 heterocycles. The Bertz CT molecular complexity index is 373. The molecule has 1 unspecified atom stereocenters. The first kappa shape index (κ1) is 13.1. The summed E-state index contributed by atoms with van der Waals surface area (Å²) in [4.78, 5) is 0. The SMILES string of the molecule is CCc1nn(C)c(COCC2CCOC2)c1Br. The number of nitrogens with zero attached hydrogens (tertiary/aromatic N) is 2. The van der Waals surface area contributed by atoms with Crippen molar-refractivity contribution in [3.05, 3.63) is 15.9 Å². The van der Waals surface area contributed by atoms with Crippen LogP contribution in [0.15, 0.2) is 4.47 Å². The number of aromatic nitrogens is 2. The second-order valence-corrected chi connectivity index (χ2v) is 5.22. The third kappa shape index (κ3) is 3.09. The van der Waals surface area contributed by atoms with Gasteiger partial charge in [0.15, 0.2) is 0 Å². The van der Waals surface area contributed by atoms with E-state index in [9.17, 15) is 0 Å². The lowest BCUT2D eigenvalue weighted by atomic mass is 10.1. The summed E-state index contributed by atoms with van der Waals surface area (Å²) in [6, 6.07) is 0. The largest absolute Gasteiger partial charge is 0.381 e. The van der Waals surface area contributed by atoms with Crippen LogP contribution >= 0.6 is 15.9 Å². The van der Waals surface area contributed by atoms with E-state index in [1.54, 1.807) is 0 Å². The summed E-state index contributed by atoms with van der Waals surface area (Å²) in [6.45, 7) is 5.21. The molecule has 0 aromatic carbocycles. The van der Waals surface area contributed by atoms with Crippen molar-refractivity contribution < 1.29 is 9.47 Å². The third-order valence-corrected chi connectivity index (χ3v) is 4.03. The van der Waals surface area contributed by atoms with Gasteiger partial charge in [0.25, 0.3) is 0 Å². The summed E-state index contributed by atoms with van der Waals surface area (Å²) in [7, 11) is 1.96. The Kier molecular flexibility index (Phi) is 4.59. The molecule has 0 amide bonds. The van der Waals surface area contributed by atoms with E-state index in [2.05, 4.69) is 28.0 Å². The maximum absolute atomic E-state index is 5.75. The van der Waals surface area contributed by atoms with Gasteiger partial charge in [-0.2, -0.15) is 5.10 Å². The molecule has 4 nitrogen and oxygen atoms in total. The zero-order valence-corrected chi connectivity index (χ0v) is 12.0. The van der Waals surface area contributed by atoms with Crippen molar-refractivity contribution in [1.82, 2.24) is 9.78 Å². The van der Waals surface area contributed by atoms with Gasteiger partial charge in [0.1, 0.15) is 0 Å². The van der Waals surface area contributed by atoms with Gasteiger partial charge in [0.05, 0.1) is 35.7 Å². The lowest BCUT2D eigenvalue weighted by Crippen LogP contribution is -2.10. The van der Waals surface area contributed by atoms with Gasteiger partial charge >= 0.3 is 0 Å². The van der Waals surface area contributed by atoms with E-state index in [0.717, 1.165) is 48.5 Å². The highest BCUT2D eigenvalue weighted by Crippen LogP contribution is 2.22. The summed E-state index contributed by atoms with van der Waals surface area (Å²) in [5.41, 5.74) is 2.20. The summed E-state index contributed by atoms with van der Waals surface area (Å²) in [5, 5.41) is 4.44. The topological polar surface area (TPSA) is 36.3 Å². The summed E-state index contributed by atoms with van der Waals surface area (Å²) < 4.78 is 14.1. The van der Waals surface area contributed by atoms with Crippen LogP contribution in [0.2, 0.25) is 0 Å². The van der Waals surface area contributed by atoms with Gasteiger partial charge in [-0.3, -0.25) is 4.68 Å². The first-order valence-corrected chi connectivity index (χ1v) is 6.87. The standard InChI is InChI=1S/C12H19BrN2O2/c1-3-10-12(13)11(15(2)14-10)8-17-7-9-4-5-16-6-9/h9H,3-8H2,1-2H3. The van der Waals surface area contributed by atoms with Gasteiger partial charge in [-0.1, -0.05) is 6.92 Å². The van der Waals surface area contributed by atoms with Gasteiger partial charge in [-0.25, -0.2) is 0 Å². The fourth-order valence-electron chi connectivity index (χ4n) is 2.01. The van der Waals surface area contributed by atoms with Crippen molar-refractivity contribution >= 4 is 15.9 Å². The number of hydrogen-bond acceptors (Lipinski definition) is 3. The molecule has 1 fully saturated rings. The molecule has 0 N–H and O–H groups in total. The van der Waals surface area contributed by atoms with Crippen LogP contribution in [0.1, 0.15) is 24.7 Å². The summed E-state index contributed by atoms with van der Waals surface area (Å²) in [6.07, 6.45) is 2.05. The molecule has 2 rings (SSSR count). The Morgan fingerprint density at radius 1 is 1.59 bits per heavy atom. The van der Waals surface area contributed by atoms with Gasteiger partial charge < -0.3 is 9.47 Å². The van der Waals surface area contributed by atoms with Gasteiger partial charge in [-0.05, 0) is 28.8 Å². The van der Waals surface area contributed by atoms with E-state index in [-0.39, 0.29) is 0 Å². The quantitative estimate of drug-likeness (QED) is 0.837. The van der Waals surface area contributed by atoms with E-state index >= 15 is 0 Å². The molecule has 1 aromatic rings. The van der Waals surface area contributed by atoms with Crippen molar-refractivity contribution in [2.45, 2.75) is 26.4 Å². The molecule has 0 spiro atoms.